The largest absolute Gasteiger partial charge is 0.349 e. The van der Waals surface area contributed by atoms with Crippen LogP contribution in [-0.4, -0.2) is 17.5 Å². The van der Waals surface area contributed by atoms with Crippen LogP contribution in [-0.2, 0) is 4.79 Å². The third kappa shape index (κ3) is 2.71. The van der Waals surface area contributed by atoms with Crippen LogP contribution in [0.15, 0.2) is 29.2 Å². The maximum Gasteiger partial charge on any atom is 0.221 e. The molecular weight excluding hydrogens is 242 g/mol. The highest BCUT2D eigenvalue weighted by Crippen LogP contribution is 2.35. The van der Waals surface area contributed by atoms with Gasteiger partial charge >= 0.3 is 0 Å². The SMILES string of the molecule is O=C(CCCl)NC1CCSc2ccccc21. The average molecular weight is 256 g/mol. The fourth-order valence-corrected chi connectivity index (χ4v) is 3.14. The van der Waals surface area contributed by atoms with Crippen LogP contribution in [0.1, 0.15) is 24.4 Å². The Balaban J connectivity index is 2.10. The second-order valence-corrected chi connectivity index (χ2v) is 5.25. The van der Waals surface area contributed by atoms with Crippen LogP contribution in [0.5, 0.6) is 0 Å². The summed E-state index contributed by atoms with van der Waals surface area (Å²) in [5.41, 5.74) is 1.24. The van der Waals surface area contributed by atoms with E-state index in [-0.39, 0.29) is 11.9 Å². The average Bonchev–Trinajstić information content (AvgIpc) is 2.30. The van der Waals surface area contributed by atoms with E-state index in [9.17, 15) is 4.79 Å². The Kier molecular flexibility index (Phi) is 4.13. The zero-order chi connectivity index (χ0) is 11.4. The summed E-state index contributed by atoms with van der Waals surface area (Å²) in [6.07, 6.45) is 1.39. The van der Waals surface area contributed by atoms with E-state index in [1.807, 2.05) is 23.9 Å². The lowest BCUT2D eigenvalue weighted by molar-refractivity contribution is -0.121. The fourth-order valence-electron chi connectivity index (χ4n) is 1.84. The summed E-state index contributed by atoms with van der Waals surface area (Å²) in [5, 5.41) is 3.04. The predicted molar refractivity (Wildman–Crippen MR) is 68.0 cm³/mol. The molecule has 2 nitrogen and oxygen atoms in total. The number of hydrogen-bond acceptors (Lipinski definition) is 2. The number of alkyl halides is 1. The van der Waals surface area contributed by atoms with Gasteiger partial charge in [-0.25, -0.2) is 0 Å². The highest BCUT2D eigenvalue weighted by Gasteiger charge is 2.21. The zero-order valence-electron chi connectivity index (χ0n) is 8.91. The van der Waals surface area contributed by atoms with Crippen LogP contribution in [0.25, 0.3) is 0 Å². The fraction of sp³-hybridized carbons (Fsp3) is 0.417. The van der Waals surface area contributed by atoms with Crippen molar-refractivity contribution in [3.05, 3.63) is 29.8 Å². The lowest BCUT2D eigenvalue weighted by Gasteiger charge is -2.25. The van der Waals surface area contributed by atoms with Gasteiger partial charge in [0.25, 0.3) is 0 Å². The summed E-state index contributed by atoms with van der Waals surface area (Å²) in [5.74, 6) is 1.49. The van der Waals surface area contributed by atoms with Crippen molar-refractivity contribution in [3.63, 3.8) is 0 Å². The predicted octanol–water partition coefficient (Wildman–Crippen LogP) is 2.97. The first-order chi connectivity index (χ1) is 7.81. The minimum absolute atomic E-state index is 0.0432. The normalized spacial score (nSPS) is 18.9. The Morgan fingerprint density at radius 1 is 1.50 bits per heavy atom. The van der Waals surface area contributed by atoms with Gasteiger partial charge in [0, 0.05) is 22.9 Å². The van der Waals surface area contributed by atoms with Gasteiger partial charge in [-0.2, -0.15) is 0 Å². The minimum Gasteiger partial charge on any atom is -0.349 e. The smallest absolute Gasteiger partial charge is 0.221 e. The highest BCUT2D eigenvalue weighted by atomic mass is 35.5. The van der Waals surface area contributed by atoms with Gasteiger partial charge in [0.1, 0.15) is 0 Å². The molecule has 4 heteroatoms. The number of hydrogen-bond donors (Lipinski definition) is 1. The number of carbonyl (C=O) groups excluding carboxylic acids is 1. The molecule has 1 N–H and O–H groups in total. The Morgan fingerprint density at radius 2 is 2.31 bits per heavy atom. The van der Waals surface area contributed by atoms with Crippen LogP contribution < -0.4 is 5.32 Å². The molecule has 1 aromatic rings. The molecule has 0 saturated heterocycles. The summed E-state index contributed by atoms with van der Waals surface area (Å²) in [7, 11) is 0. The van der Waals surface area contributed by atoms with Crippen molar-refractivity contribution >= 4 is 29.3 Å². The van der Waals surface area contributed by atoms with Crippen molar-refractivity contribution in [2.75, 3.05) is 11.6 Å². The quantitative estimate of drug-likeness (QED) is 0.842. The first-order valence-electron chi connectivity index (χ1n) is 5.38. The molecule has 0 aliphatic carbocycles. The molecular formula is C12H14ClNOS. The van der Waals surface area contributed by atoms with Crippen molar-refractivity contribution in [1.29, 1.82) is 0 Å². The maximum absolute atomic E-state index is 11.5. The zero-order valence-corrected chi connectivity index (χ0v) is 10.5. The van der Waals surface area contributed by atoms with Crippen molar-refractivity contribution in [3.8, 4) is 0 Å². The van der Waals surface area contributed by atoms with Crippen LogP contribution in [0.4, 0.5) is 0 Å². The Hall–Kier alpha value is -0.670. The Morgan fingerprint density at radius 3 is 3.12 bits per heavy atom. The van der Waals surface area contributed by atoms with E-state index >= 15 is 0 Å². The molecule has 1 heterocycles. The van der Waals surface area contributed by atoms with E-state index in [4.69, 9.17) is 11.6 Å². The third-order valence-electron chi connectivity index (χ3n) is 2.62. The van der Waals surface area contributed by atoms with Gasteiger partial charge in [-0.15, -0.1) is 23.4 Å². The lowest BCUT2D eigenvalue weighted by Crippen LogP contribution is -2.30. The van der Waals surface area contributed by atoms with Crippen molar-refractivity contribution in [2.24, 2.45) is 0 Å². The number of amides is 1. The van der Waals surface area contributed by atoms with Crippen molar-refractivity contribution in [1.82, 2.24) is 5.32 Å². The molecule has 0 radical (unpaired) electrons. The second-order valence-electron chi connectivity index (χ2n) is 3.73. The minimum atomic E-state index is 0.0432. The summed E-state index contributed by atoms with van der Waals surface area (Å²) < 4.78 is 0. The second kappa shape index (κ2) is 5.60. The van der Waals surface area contributed by atoms with Gasteiger partial charge < -0.3 is 5.32 Å². The van der Waals surface area contributed by atoms with Gasteiger partial charge in [-0.05, 0) is 18.1 Å². The molecule has 1 aliphatic heterocycles. The van der Waals surface area contributed by atoms with E-state index in [0.717, 1.165) is 12.2 Å². The van der Waals surface area contributed by atoms with Crippen LogP contribution in [0.2, 0.25) is 0 Å². The van der Waals surface area contributed by atoms with Crippen molar-refractivity contribution < 1.29 is 4.79 Å². The van der Waals surface area contributed by atoms with E-state index in [1.165, 1.54) is 10.5 Å². The Bertz CT molecular complexity index is 383. The van der Waals surface area contributed by atoms with E-state index < -0.39 is 0 Å². The molecule has 86 valence electrons. The van der Waals surface area contributed by atoms with Gasteiger partial charge in [0.2, 0.25) is 5.91 Å². The summed E-state index contributed by atoms with van der Waals surface area (Å²) >= 11 is 7.40. The monoisotopic (exact) mass is 255 g/mol. The number of thioether (sulfide) groups is 1. The molecule has 0 bridgehead atoms. The standard InChI is InChI=1S/C12H14ClNOS/c13-7-5-12(15)14-10-6-8-16-11-4-2-1-3-9(10)11/h1-4,10H,5-8H2,(H,14,15). The summed E-state index contributed by atoms with van der Waals surface area (Å²) in [6, 6.07) is 8.42. The van der Waals surface area contributed by atoms with Crippen molar-refractivity contribution in [2.45, 2.75) is 23.8 Å². The maximum atomic E-state index is 11.5. The number of carbonyl (C=O) groups is 1. The molecule has 1 atom stereocenters. The molecule has 16 heavy (non-hydrogen) atoms. The third-order valence-corrected chi connectivity index (χ3v) is 3.93. The molecule has 1 aliphatic rings. The van der Waals surface area contributed by atoms with Crippen LogP contribution >= 0.6 is 23.4 Å². The van der Waals surface area contributed by atoms with Gasteiger partial charge in [0.05, 0.1) is 6.04 Å². The van der Waals surface area contributed by atoms with E-state index in [2.05, 4.69) is 17.4 Å². The van der Waals surface area contributed by atoms with Crippen LogP contribution in [0.3, 0.4) is 0 Å². The first-order valence-corrected chi connectivity index (χ1v) is 6.90. The number of benzene rings is 1. The lowest BCUT2D eigenvalue weighted by atomic mass is 10.0. The molecule has 0 aromatic heterocycles. The topological polar surface area (TPSA) is 29.1 Å². The van der Waals surface area contributed by atoms with Gasteiger partial charge in [-0.3, -0.25) is 4.79 Å². The Labute approximate surface area is 105 Å². The summed E-state index contributed by atoms with van der Waals surface area (Å²) in [6.45, 7) is 0. The first kappa shape index (κ1) is 11.8. The van der Waals surface area contributed by atoms with Crippen LogP contribution in [0, 0.1) is 0 Å². The van der Waals surface area contributed by atoms with E-state index in [0.29, 0.717) is 12.3 Å². The number of nitrogens with one attached hydrogen (secondary N) is 1. The highest BCUT2D eigenvalue weighted by molar-refractivity contribution is 7.99. The number of fused-ring (bicyclic) bond motifs is 1. The number of halogens is 1. The van der Waals surface area contributed by atoms with E-state index in [1.54, 1.807) is 0 Å². The molecule has 1 unspecified atom stereocenters. The molecule has 0 saturated carbocycles. The van der Waals surface area contributed by atoms with Gasteiger partial charge in [-0.1, -0.05) is 18.2 Å². The molecule has 0 spiro atoms. The molecule has 1 aromatic carbocycles. The molecule has 1 amide bonds. The van der Waals surface area contributed by atoms with Gasteiger partial charge in [0.15, 0.2) is 0 Å². The number of rotatable bonds is 3. The molecule has 0 fully saturated rings. The molecule has 2 rings (SSSR count). The summed E-state index contributed by atoms with van der Waals surface area (Å²) in [4.78, 5) is 12.8.